The number of amides is 1. The van der Waals surface area contributed by atoms with Crippen molar-refractivity contribution in [3.8, 4) is 0 Å². The molecule has 0 aliphatic heterocycles. The second kappa shape index (κ2) is 6.13. The average molecular weight is 254 g/mol. The summed E-state index contributed by atoms with van der Waals surface area (Å²) in [6.45, 7) is 4.08. The summed E-state index contributed by atoms with van der Waals surface area (Å²) in [6.07, 6.45) is 3.69. The Morgan fingerprint density at radius 2 is 2.11 bits per heavy atom. The lowest BCUT2D eigenvalue weighted by atomic mass is 9.98. The minimum atomic E-state index is -0.861. The van der Waals surface area contributed by atoms with Crippen LogP contribution in [0, 0.1) is 0 Å². The maximum absolute atomic E-state index is 11.7. The summed E-state index contributed by atoms with van der Waals surface area (Å²) >= 11 is 0. The third-order valence-corrected chi connectivity index (χ3v) is 2.48. The number of nitrogens with one attached hydrogen (secondary N) is 1. The third kappa shape index (κ3) is 5.42. The topological polar surface area (TPSA) is 97.1 Å². The number of carboxylic acids is 1. The van der Waals surface area contributed by atoms with Gasteiger partial charge in [-0.15, -0.1) is 0 Å². The molecule has 100 valence electrons. The lowest BCUT2D eigenvalue weighted by Gasteiger charge is -2.25. The van der Waals surface area contributed by atoms with Gasteiger partial charge >= 0.3 is 5.97 Å². The number of aromatic nitrogens is 3. The lowest BCUT2D eigenvalue weighted by Crippen LogP contribution is -2.44. The zero-order chi connectivity index (χ0) is 13.6. The van der Waals surface area contributed by atoms with Gasteiger partial charge in [0.15, 0.2) is 0 Å². The number of aliphatic carboxylic acids is 1. The summed E-state index contributed by atoms with van der Waals surface area (Å²) in [5.74, 6) is -0.985. The fourth-order valence-electron chi connectivity index (χ4n) is 1.49. The van der Waals surface area contributed by atoms with Crippen LogP contribution in [0.2, 0.25) is 0 Å². The van der Waals surface area contributed by atoms with Crippen LogP contribution in [0.1, 0.15) is 33.1 Å². The monoisotopic (exact) mass is 254 g/mol. The Morgan fingerprint density at radius 1 is 1.39 bits per heavy atom. The first-order chi connectivity index (χ1) is 8.39. The quantitative estimate of drug-likeness (QED) is 0.735. The molecular formula is C11H18N4O3. The van der Waals surface area contributed by atoms with Crippen molar-refractivity contribution in [1.82, 2.24) is 20.1 Å². The van der Waals surface area contributed by atoms with E-state index in [1.165, 1.54) is 6.33 Å². The number of carbonyl (C=O) groups excluding carboxylic acids is 1. The molecule has 0 aromatic carbocycles. The summed E-state index contributed by atoms with van der Waals surface area (Å²) in [5.41, 5.74) is -0.516. The molecule has 2 N–H and O–H groups in total. The molecule has 1 aromatic heterocycles. The van der Waals surface area contributed by atoms with Crippen molar-refractivity contribution in [3.05, 3.63) is 12.7 Å². The smallest absolute Gasteiger partial charge is 0.303 e. The van der Waals surface area contributed by atoms with Crippen LogP contribution in [0.4, 0.5) is 0 Å². The van der Waals surface area contributed by atoms with Gasteiger partial charge in [-0.25, -0.2) is 4.98 Å². The molecule has 0 radical (unpaired) electrons. The van der Waals surface area contributed by atoms with Crippen molar-refractivity contribution in [1.29, 1.82) is 0 Å². The van der Waals surface area contributed by atoms with Gasteiger partial charge in [-0.3, -0.25) is 14.3 Å². The van der Waals surface area contributed by atoms with Crippen LogP contribution in [-0.4, -0.2) is 37.3 Å². The molecule has 0 bridgehead atoms. The predicted octanol–water partition coefficient (Wildman–Crippen LogP) is 0.428. The van der Waals surface area contributed by atoms with E-state index in [-0.39, 0.29) is 12.3 Å². The average Bonchev–Trinajstić information content (AvgIpc) is 2.76. The van der Waals surface area contributed by atoms with E-state index in [0.717, 1.165) is 0 Å². The fraction of sp³-hybridized carbons (Fsp3) is 0.636. The Bertz CT molecular complexity index is 400. The van der Waals surface area contributed by atoms with E-state index in [9.17, 15) is 9.59 Å². The zero-order valence-corrected chi connectivity index (χ0v) is 10.6. The standard InChI is InChI=1S/C11H18N4O3/c1-11(2,5-3-10(17)18)14-9(16)4-6-15-8-12-7-13-15/h7-8H,3-6H2,1-2H3,(H,14,16)(H,17,18). The Morgan fingerprint density at radius 3 is 2.67 bits per heavy atom. The molecule has 1 amide bonds. The number of carbonyl (C=O) groups is 2. The Labute approximate surface area is 105 Å². The molecule has 18 heavy (non-hydrogen) atoms. The molecular weight excluding hydrogens is 236 g/mol. The van der Waals surface area contributed by atoms with E-state index in [4.69, 9.17) is 5.11 Å². The SMILES string of the molecule is CC(C)(CCC(=O)O)NC(=O)CCn1cncn1. The van der Waals surface area contributed by atoms with Crippen molar-refractivity contribution in [2.24, 2.45) is 0 Å². The molecule has 7 nitrogen and oxygen atoms in total. The number of rotatable bonds is 7. The molecule has 0 saturated heterocycles. The van der Waals surface area contributed by atoms with Gasteiger partial charge in [0, 0.05) is 18.4 Å². The van der Waals surface area contributed by atoms with Gasteiger partial charge in [-0.1, -0.05) is 0 Å². The van der Waals surface area contributed by atoms with E-state index in [1.807, 2.05) is 13.8 Å². The van der Waals surface area contributed by atoms with Crippen LogP contribution in [0.5, 0.6) is 0 Å². The lowest BCUT2D eigenvalue weighted by molar-refractivity contribution is -0.137. The van der Waals surface area contributed by atoms with Crippen LogP contribution >= 0.6 is 0 Å². The molecule has 0 aliphatic carbocycles. The number of nitrogens with zero attached hydrogens (tertiary/aromatic N) is 3. The minimum Gasteiger partial charge on any atom is -0.481 e. The Kier molecular flexibility index (Phi) is 4.82. The molecule has 0 fully saturated rings. The van der Waals surface area contributed by atoms with Crippen molar-refractivity contribution < 1.29 is 14.7 Å². The van der Waals surface area contributed by atoms with Crippen LogP contribution in [0.25, 0.3) is 0 Å². The highest BCUT2D eigenvalue weighted by atomic mass is 16.4. The molecule has 0 unspecified atom stereocenters. The number of carboxylic acid groups (broad SMARTS) is 1. The maximum Gasteiger partial charge on any atom is 0.303 e. The number of hydrogen-bond acceptors (Lipinski definition) is 4. The van der Waals surface area contributed by atoms with Crippen molar-refractivity contribution >= 4 is 11.9 Å². The van der Waals surface area contributed by atoms with Gasteiger partial charge in [0.2, 0.25) is 5.91 Å². The molecule has 1 heterocycles. The second-order valence-corrected chi connectivity index (χ2v) is 4.73. The van der Waals surface area contributed by atoms with E-state index in [0.29, 0.717) is 19.4 Å². The summed E-state index contributed by atoms with van der Waals surface area (Å²) in [5, 5.41) is 15.3. The first-order valence-electron chi connectivity index (χ1n) is 5.74. The van der Waals surface area contributed by atoms with Gasteiger partial charge in [0.25, 0.3) is 0 Å². The fourth-order valence-corrected chi connectivity index (χ4v) is 1.49. The highest BCUT2D eigenvalue weighted by Gasteiger charge is 2.21. The Balaban J connectivity index is 2.31. The van der Waals surface area contributed by atoms with Crippen LogP contribution in [0.15, 0.2) is 12.7 Å². The molecule has 0 aliphatic rings. The van der Waals surface area contributed by atoms with Crippen LogP contribution < -0.4 is 5.32 Å². The van der Waals surface area contributed by atoms with Gasteiger partial charge in [-0.2, -0.15) is 5.10 Å². The van der Waals surface area contributed by atoms with Crippen LogP contribution in [0.3, 0.4) is 0 Å². The number of hydrogen-bond donors (Lipinski definition) is 2. The van der Waals surface area contributed by atoms with E-state index in [1.54, 1.807) is 11.0 Å². The first kappa shape index (κ1) is 14.1. The summed E-state index contributed by atoms with van der Waals surface area (Å²) in [4.78, 5) is 25.9. The maximum atomic E-state index is 11.7. The van der Waals surface area contributed by atoms with Crippen molar-refractivity contribution in [3.63, 3.8) is 0 Å². The Hall–Kier alpha value is -1.92. The second-order valence-electron chi connectivity index (χ2n) is 4.73. The van der Waals surface area contributed by atoms with Gasteiger partial charge in [-0.05, 0) is 20.3 Å². The van der Waals surface area contributed by atoms with Gasteiger partial charge in [0.05, 0.1) is 6.54 Å². The van der Waals surface area contributed by atoms with Crippen molar-refractivity contribution in [2.75, 3.05) is 0 Å². The predicted molar refractivity (Wildman–Crippen MR) is 63.7 cm³/mol. The molecule has 7 heteroatoms. The molecule has 0 atom stereocenters. The zero-order valence-electron chi connectivity index (χ0n) is 10.6. The third-order valence-electron chi connectivity index (χ3n) is 2.48. The highest BCUT2D eigenvalue weighted by molar-refractivity contribution is 5.76. The highest BCUT2D eigenvalue weighted by Crippen LogP contribution is 2.11. The molecule has 1 rings (SSSR count). The summed E-state index contributed by atoms with van der Waals surface area (Å²) < 4.78 is 1.57. The largest absolute Gasteiger partial charge is 0.481 e. The molecule has 0 spiro atoms. The first-order valence-corrected chi connectivity index (χ1v) is 5.74. The summed E-state index contributed by atoms with van der Waals surface area (Å²) in [7, 11) is 0. The number of aryl methyl sites for hydroxylation is 1. The summed E-state index contributed by atoms with van der Waals surface area (Å²) in [6, 6.07) is 0. The van der Waals surface area contributed by atoms with E-state index in [2.05, 4.69) is 15.4 Å². The molecule has 1 aromatic rings. The van der Waals surface area contributed by atoms with Gasteiger partial charge < -0.3 is 10.4 Å². The van der Waals surface area contributed by atoms with Crippen molar-refractivity contribution in [2.45, 2.75) is 45.2 Å². The van der Waals surface area contributed by atoms with E-state index >= 15 is 0 Å². The normalized spacial score (nSPS) is 11.2. The molecule has 0 saturated carbocycles. The van der Waals surface area contributed by atoms with E-state index < -0.39 is 11.5 Å². The minimum absolute atomic E-state index is 0.0381. The van der Waals surface area contributed by atoms with Crippen LogP contribution in [-0.2, 0) is 16.1 Å². The van der Waals surface area contributed by atoms with Gasteiger partial charge in [0.1, 0.15) is 12.7 Å².